The van der Waals surface area contributed by atoms with Gasteiger partial charge < -0.3 is 11.1 Å². The summed E-state index contributed by atoms with van der Waals surface area (Å²) >= 11 is 7.34. The van der Waals surface area contributed by atoms with Crippen molar-refractivity contribution in [2.45, 2.75) is 6.42 Å². The molecule has 1 amide bonds. The number of hydrogen-bond donors (Lipinski definition) is 2. The number of nitrogens with zero attached hydrogens (tertiary/aromatic N) is 2. The number of nitrogens with one attached hydrogen (secondary N) is 1. The minimum Gasteiger partial charge on any atom is -0.396 e. The van der Waals surface area contributed by atoms with E-state index < -0.39 is 0 Å². The van der Waals surface area contributed by atoms with E-state index in [0.29, 0.717) is 12.2 Å². The molecule has 0 aliphatic heterocycles. The molecular formula is C11H13ClN4OS. The molecule has 0 saturated carbocycles. The maximum Gasteiger partial charge on any atom is 0.273 e. The molecule has 0 aromatic carbocycles. The van der Waals surface area contributed by atoms with Crippen molar-refractivity contribution in [1.82, 2.24) is 15.1 Å². The van der Waals surface area contributed by atoms with Crippen molar-refractivity contribution in [2.75, 3.05) is 12.3 Å². The summed E-state index contributed by atoms with van der Waals surface area (Å²) < 4.78 is 2.27. The van der Waals surface area contributed by atoms with Crippen LogP contribution in [0, 0.1) is 0 Å². The fraction of sp³-hybridized carbons (Fsp3) is 0.273. The van der Waals surface area contributed by atoms with Gasteiger partial charge in [-0.1, -0.05) is 11.6 Å². The molecule has 96 valence electrons. The van der Waals surface area contributed by atoms with Gasteiger partial charge in [0.1, 0.15) is 0 Å². The summed E-state index contributed by atoms with van der Waals surface area (Å²) in [4.78, 5) is 12.9. The summed E-state index contributed by atoms with van der Waals surface area (Å²) in [7, 11) is 1.72. The van der Waals surface area contributed by atoms with E-state index in [1.165, 1.54) is 16.0 Å². The van der Waals surface area contributed by atoms with Gasteiger partial charge in [0.25, 0.3) is 5.91 Å². The largest absolute Gasteiger partial charge is 0.396 e. The zero-order chi connectivity index (χ0) is 13.1. The molecule has 0 bridgehead atoms. The molecular weight excluding hydrogens is 272 g/mol. The van der Waals surface area contributed by atoms with Crippen LogP contribution in [0.15, 0.2) is 18.3 Å². The average Bonchev–Trinajstić information content (AvgIpc) is 2.85. The quantitative estimate of drug-likeness (QED) is 0.897. The number of hydrogen-bond acceptors (Lipinski definition) is 4. The van der Waals surface area contributed by atoms with E-state index in [2.05, 4.69) is 10.4 Å². The van der Waals surface area contributed by atoms with Crippen molar-refractivity contribution in [2.24, 2.45) is 7.05 Å². The summed E-state index contributed by atoms with van der Waals surface area (Å²) in [5.41, 5.74) is 6.32. The van der Waals surface area contributed by atoms with Gasteiger partial charge in [-0.25, -0.2) is 0 Å². The monoisotopic (exact) mass is 284 g/mol. The van der Waals surface area contributed by atoms with Gasteiger partial charge in [0, 0.05) is 24.7 Å². The molecule has 2 rings (SSSR count). The van der Waals surface area contributed by atoms with Gasteiger partial charge in [0.15, 0.2) is 5.69 Å². The van der Waals surface area contributed by atoms with Crippen LogP contribution in [-0.4, -0.2) is 22.2 Å². The molecule has 0 aliphatic rings. The highest BCUT2D eigenvalue weighted by molar-refractivity contribution is 7.16. The Balaban J connectivity index is 1.87. The number of anilines is 1. The molecule has 5 nitrogen and oxygen atoms in total. The number of aromatic nitrogens is 2. The Labute approximate surface area is 114 Å². The first-order valence-corrected chi connectivity index (χ1v) is 6.57. The first kappa shape index (κ1) is 12.9. The molecule has 0 fully saturated rings. The van der Waals surface area contributed by atoms with E-state index in [1.807, 2.05) is 12.1 Å². The molecule has 7 heteroatoms. The van der Waals surface area contributed by atoms with Crippen molar-refractivity contribution in [3.8, 4) is 0 Å². The maximum absolute atomic E-state index is 11.8. The fourth-order valence-electron chi connectivity index (χ4n) is 1.55. The molecule has 2 aromatic heterocycles. The summed E-state index contributed by atoms with van der Waals surface area (Å²) in [5.74, 6) is -0.254. The molecule has 3 N–H and O–H groups in total. The van der Waals surface area contributed by atoms with E-state index >= 15 is 0 Å². The van der Waals surface area contributed by atoms with Gasteiger partial charge in [0.2, 0.25) is 0 Å². The number of nitrogen functional groups attached to an aromatic ring is 1. The topological polar surface area (TPSA) is 72.9 Å². The molecule has 2 heterocycles. The fourth-order valence-corrected chi connectivity index (χ4v) is 2.64. The first-order valence-electron chi connectivity index (χ1n) is 5.38. The lowest BCUT2D eigenvalue weighted by molar-refractivity contribution is 0.0949. The van der Waals surface area contributed by atoms with E-state index in [1.54, 1.807) is 13.2 Å². The summed E-state index contributed by atoms with van der Waals surface area (Å²) in [6.07, 6.45) is 2.35. The number of aryl methyl sites for hydroxylation is 1. The zero-order valence-corrected chi connectivity index (χ0v) is 11.4. The minimum atomic E-state index is -0.254. The Bertz CT molecular complexity index is 563. The Hall–Kier alpha value is -1.53. The predicted molar refractivity (Wildman–Crippen MR) is 73.0 cm³/mol. The number of carbonyl (C=O) groups is 1. The molecule has 0 spiro atoms. The van der Waals surface area contributed by atoms with E-state index in [0.717, 1.165) is 15.6 Å². The van der Waals surface area contributed by atoms with Crippen LogP contribution in [0.4, 0.5) is 5.69 Å². The van der Waals surface area contributed by atoms with Gasteiger partial charge in [0.05, 0.1) is 10.0 Å². The maximum atomic E-state index is 11.8. The lowest BCUT2D eigenvalue weighted by Gasteiger charge is -2.02. The summed E-state index contributed by atoms with van der Waals surface area (Å²) in [6.45, 7) is 0.533. The third-order valence-corrected chi connectivity index (χ3v) is 3.65. The van der Waals surface area contributed by atoms with E-state index in [4.69, 9.17) is 17.3 Å². The molecule has 0 aliphatic carbocycles. The van der Waals surface area contributed by atoms with Gasteiger partial charge in [-0.15, -0.1) is 11.3 Å². The average molecular weight is 285 g/mol. The van der Waals surface area contributed by atoms with Crippen molar-refractivity contribution in [1.29, 1.82) is 0 Å². The second-order valence-corrected chi connectivity index (χ2v) is 5.62. The van der Waals surface area contributed by atoms with Crippen molar-refractivity contribution in [3.63, 3.8) is 0 Å². The number of halogens is 1. The number of carbonyl (C=O) groups excluding carboxylic acids is 1. The van der Waals surface area contributed by atoms with E-state index in [-0.39, 0.29) is 11.6 Å². The summed E-state index contributed by atoms with van der Waals surface area (Å²) in [6, 6.07) is 3.80. The van der Waals surface area contributed by atoms with Crippen molar-refractivity contribution in [3.05, 3.63) is 33.2 Å². The van der Waals surface area contributed by atoms with E-state index in [9.17, 15) is 4.79 Å². The SMILES string of the molecule is Cn1cc(N)c(C(=O)NCCc2ccc(Cl)s2)n1. The van der Waals surface area contributed by atoms with Gasteiger partial charge >= 0.3 is 0 Å². The second kappa shape index (κ2) is 5.41. The van der Waals surface area contributed by atoms with Crippen LogP contribution in [0.3, 0.4) is 0 Å². The van der Waals surface area contributed by atoms with Crippen LogP contribution in [-0.2, 0) is 13.5 Å². The highest BCUT2D eigenvalue weighted by Gasteiger charge is 2.13. The highest BCUT2D eigenvalue weighted by Crippen LogP contribution is 2.21. The highest BCUT2D eigenvalue weighted by atomic mass is 35.5. The van der Waals surface area contributed by atoms with Crippen LogP contribution >= 0.6 is 22.9 Å². The minimum absolute atomic E-state index is 0.254. The normalized spacial score (nSPS) is 10.6. The summed E-state index contributed by atoms with van der Waals surface area (Å²) in [5, 5.41) is 6.78. The number of thiophene rings is 1. The third kappa shape index (κ3) is 3.02. The van der Waals surface area contributed by atoms with Crippen LogP contribution in [0.1, 0.15) is 15.4 Å². The molecule has 2 aromatic rings. The Morgan fingerprint density at radius 3 is 2.94 bits per heavy atom. The number of rotatable bonds is 4. The van der Waals surface area contributed by atoms with Crippen LogP contribution in [0.25, 0.3) is 0 Å². The van der Waals surface area contributed by atoms with Gasteiger partial charge in [-0.3, -0.25) is 9.48 Å². The lowest BCUT2D eigenvalue weighted by Crippen LogP contribution is -2.26. The predicted octanol–water partition coefficient (Wildman–Crippen LogP) is 1.69. The lowest BCUT2D eigenvalue weighted by atomic mass is 10.3. The number of nitrogens with two attached hydrogens (primary N) is 1. The van der Waals surface area contributed by atoms with Crippen LogP contribution in [0.5, 0.6) is 0 Å². The Morgan fingerprint density at radius 2 is 2.39 bits per heavy atom. The molecule has 18 heavy (non-hydrogen) atoms. The van der Waals surface area contributed by atoms with Crippen molar-refractivity contribution >= 4 is 34.5 Å². The van der Waals surface area contributed by atoms with Crippen LogP contribution < -0.4 is 11.1 Å². The van der Waals surface area contributed by atoms with Crippen molar-refractivity contribution < 1.29 is 4.79 Å². The third-order valence-electron chi connectivity index (χ3n) is 2.36. The first-order chi connectivity index (χ1) is 8.56. The van der Waals surface area contributed by atoms with Gasteiger partial charge in [-0.2, -0.15) is 5.10 Å². The van der Waals surface area contributed by atoms with Gasteiger partial charge in [-0.05, 0) is 18.6 Å². The smallest absolute Gasteiger partial charge is 0.273 e. The molecule has 0 unspecified atom stereocenters. The molecule has 0 atom stereocenters. The zero-order valence-electron chi connectivity index (χ0n) is 9.81. The Kier molecular flexibility index (Phi) is 3.88. The standard InChI is InChI=1S/C11H13ClN4OS/c1-16-6-8(13)10(15-16)11(17)14-5-4-7-2-3-9(12)18-7/h2-3,6H,4-5,13H2,1H3,(H,14,17). The van der Waals surface area contributed by atoms with Crippen LogP contribution in [0.2, 0.25) is 4.34 Å². The molecule has 0 radical (unpaired) electrons. The second-order valence-electron chi connectivity index (χ2n) is 3.82. The molecule has 0 saturated heterocycles. The number of amides is 1. The Morgan fingerprint density at radius 1 is 1.61 bits per heavy atom.